The molecule has 0 radical (unpaired) electrons. The van der Waals surface area contributed by atoms with Crippen LogP contribution in [0.2, 0.25) is 0 Å². The zero-order chi connectivity index (χ0) is 15.6. The van der Waals surface area contributed by atoms with Gasteiger partial charge in [-0.1, -0.05) is 18.2 Å². The standard InChI is InChI=1S/C16H22N4O/c1-16(2,20(3)4)10-21-14-9-12(15(17)18)11-7-5-6-8-13(11)19-14/h5-9H,10H2,1-4H3,(H3,17,18). The summed E-state index contributed by atoms with van der Waals surface area (Å²) in [7, 11) is 4.02. The van der Waals surface area contributed by atoms with E-state index in [2.05, 4.69) is 23.7 Å². The molecule has 1 aromatic heterocycles. The quantitative estimate of drug-likeness (QED) is 0.653. The SMILES string of the molecule is CN(C)C(C)(C)COc1cc(C(=N)N)c2ccccc2n1. The van der Waals surface area contributed by atoms with E-state index in [1.54, 1.807) is 6.07 Å². The van der Waals surface area contributed by atoms with Gasteiger partial charge >= 0.3 is 0 Å². The normalized spacial score (nSPS) is 11.9. The molecule has 2 aromatic rings. The Labute approximate surface area is 125 Å². The van der Waals surface area contributed by atoms with Crippen LogP contribution in [0.1, 0.15) is 19.4 Å². The fourth-order valence-corrected chi connectivity index (χ4v) is 1.83. The lowest BCUT2D eigenvalue weighted by atomic mass is 10.1. The predicted octanol–water partition coefficient (Wildman–Crippen LogP) is 2.24. The Morgan fingerprint density at radius 2 is 2.00 bits per heavy atom. The molecule has 0 atom stereocenters. The number of benzene rings is 1. The van der Waals surface area contributed by atoms with Crippen LogP contribution >= 0.6 is 0 Å². The molecule has 5 nitrogen and oxygen atoms in total. The second-order valence-electron chi connectivity index (χ2n) is 5.93. The summed E-state index contributed by atoms with van der Waals surface area (Å²) in [6, 6.07) is 9.35. The number of fused-ring (bicyclic) bond motifs is 1. The summed E-state index contributed by atoms with van der Waals surface area (Å²) in [4.78, 5) is 6.58. The smallest absolute Gasteiger partial charge is 0.214 e. The number of hydrogen-bond acceptors (Lipinski definition) is 4. The van der Waals surface area contributed by atoms with Crippen LogP contribution in [-0.4, -0.2) is 42.0 Å². The number of nitrogen functional groups attached to an aromatic ring is 1. The molecule has 0 bridgehead atoms. The Morgan fingerprint density at radius 3 is 2.62 bits per heavy atom. The molecular formula is C16H22N4O. The van der Waals surface area contributed by atoms with Gasteiger partial charge in [0.05, 0.1) is 5.52 Å². The number of para-hydroxylation sites is 1. The summed E-state index contributed by atoms with van der Waals surface area (Å²) in [6.07, 6.45) is 0. The first-order valence-electron chi connectivity index (χ1n) is 6.85. The first kappa shape index (κ1) is 15.3. The molecule has 1 heterocycles. The van der Waals surface area contributed by atoms with E-state index >= 15 is 0 Å². The number of hydrogen-bond donors (Lipinski definition) is 2. The molecule has 0 unspecified atom stereocenters. The van der Waals surface area contributed by atoms with Crippen LogP contribution in [0.15, 0.2) is 30.3 Å². The number of rotatable bonds is 5. The first-order chi connectivity index (χ1) is 9.81. The number of likely N-dealkylation sites (N-methyl/N-ethyl adjacent to an activating group) is 1. The zero-order valence-electron chi connectivity index (χ0n) is 13.0. The summed E-state index contributed by atoms with van der Waals surface area (Å²) in [5.74, 6) is 0.513. The maximum Gasteiger partial charge on any atom is 0.214 e. The Kier molecular flexibility index (Phi) is 4.14. The summed E-state index contributed by atoms with van der Waals surface area (Å²) in [6.45, 7) is 4.70. The molecule has 0 aliphatic carbocycles. The average molecular weight is 286 g/mol. The topological polar surface area (TPSA) is 75.2 Å². The van der Waals surface area contributed by atoms with Gasteiger partial charge in [0.15, 0.2) is 0 Å². The minimum absolute atomic E-state index is 0.0188. The van der Waals surface area contributed by atoms with E-state index in [0.717, 1.165) is 10.9 Å². The molecule has 3 N–H and O–H groups in total. The number of amidine groups is 1. The molecule has 0 fully saturated rings. The van der Waals surface area contributed by atoms with Crippen LogP contribution in [0.4, 0.5) is 0 Å². The number of ether oxygens (including phenoxy) is 1. The monoisotopic (exact) mass is 286 g/mol. The molecule has 1 aromatic carbocycles. The van der Waals surface area contributed by atoms with E-state index in [1.165, 1.54) is 0 Å². The van der Waals surface area contributed by atoms with Gasteiger partial charge in [-0.15, -0.1) is 0 Å². The molecule has 0 amide bonds. The largest absolute Gasteiger partial charge is 0.476 e. The van der Waals surface area contributed by atoms with Crippen molar-refractivity contribution in [1.82, 2.24) is 9.88 Å². The van der Waals surface area contributed by atoms with Crippen LogP contribution in [0, 0.1) is 5.41 Å². The molecule has 21 heavy (non-hydrogen) atoms. The van der Waals surface area contributed by atoms with Gasteiger partial charge in [-0.25, -0.2) is 4.98 Å². The number of nitrogens with two attached hydrogens (primary N) is 1. The second kappa shape index (κ2) is 5.69. The third-order valence-corrected chi connectivity index (χ3v) is 3.77. The van der Waals surface area contributed by atoms with Gasteiger partial charge in [0.1, 0.15) is 12.4 Å². The van der Waals surface area contributed by atoms with E-state index in [1.807, 2.05) is 38.4 Å². The van der Waals surface area contributed by atoms with Gasteiger partial charge in [-0.3, -0.25) is 5.41 Å². The number of nitrogens with zero attached hydrogens (tertiary/aromatic N) is 2. The predicted molar refractivity (Wildman–Crippen MR) is 86.0 cm³/mol. The molecule has 112 valence electrons. The van der Waals surface area contributed by atoms with Crippen molar-refractivity contribution in [3.63, 3.8) is 0 Å². The van der Waals surface area contributed by atoms with Crippen LogP contribution in [0.5, 0.6) is 5.88 Å². The van der Waals surface area contributed by atoms with Crippen LogP contribution in [-0.2, 0) is 0 Å². The maximum absolute atomic E-state index is 7.72. The highest BCUT2D eigenvalue weighted by Crippen LogP contribution is 2.22. The highest BCUT2D eigenvalue weighted by atomic mass is 16.5. The molecule has 2 rings (SSSR count). The molecule has 0 saturated carbocycles. The minimum atomic E-state index is -0.107. The lowest BCUT2D eigenvalue weighted by Gasteiger charge is -2.31. The molecule has 5 heteroatoms. The van der Waals surface area contributed by atoms with Gasteiger partial charge in [0.2, 0.25) is 5.88 Å². The van der Waals surface area contributed by atoms with E-state index in [9.17, 15) is 0 Å². The summed E-state index contributed by atoms with van der Waals surface area (Å²) >= 11 is 0. The summed E-state index contributed by atoms with van der Waals surface area (Å²) in [5.41, 5.74) is 6.99. The van der Waals surface area contributed by atoms with Gasteiger partial charge in [0, 0.05) is 22.6 Å². The number of aromatic nitrogens is 1. The van der Waals surface area contributed by atoms with Gasteiger partial charge in [-0.05, 0) is 34.0 Å². The van der Waals surface area contributed by atoms with Gasteiger partial charge in [0.25, 0.3) is 0 Å². The summed E-state index contributed by atoms with van der Waals surface area (Å²) in [5, 5.41) is 8.59. The Hall–Kier alpha value is -2.14. The average Bonchev–Trinajstić information content (AvgIpc) is 2.44. The Morgan fingerprint density at radius 1 is 1.33 bits per heavy atom. The van der Waals surface area contributed by atoms with Crippen molar-refractivity contribution in [2.75, 3.05) is 20.7 Å². The van der Waals surface area contributed by atoms with Crippen LogP contribution in [0.25, 0.3) is 10.9 Å². The maximum atomic E-state index is 7.72. The fraction of sp³-hybridized carbons (Fsp3) is 0.375. The molecule has 0 saturated heterocycles. The third kappa shape index (κ3) is 3.31. The lowest BCUT2D eigenvalue weighted by Crippen LogP contribution is -2.43. The van der Waals surface area contributed by atoms with Gasteiger partial charge in [-0.2, -0.15) is 0 Å². The van der Waals surface area contributed by atoms with Crippen molar-refractivity contribution in [3.05, 3.63) is 35.9 Å². The summed E-state index contributed by atoms with van der Waals surface area (Å²) < 4.78 is 5.83. The molecule has 0 aliphatic heterocycles. The van der Waals surface area contributed by atoms with Crippen molar-refractivity contribution in [2.24, 2.45) is 5.73 Å². The fourth-order valence-electron chi connectivity index (χ4n) is 1.83. The van der Waals surface area contributed by atoms with Gasteiger partial charge < -0.3 is 15.4 Å². The lowest BCUT2D eigenvalue weighted by molar-refractivity contribution is 0.111. The van der Waals surface area contributed by atoms with Crippen LogP contribution in [0.3, 0.4) is 0 Å². The Bertz CT molecular complexity index is 664. The van der Waals surface area contributed by atoms with Crippen LogP contribution < -0.4 is 10.5 Å². The second-order valence-corrected chi connectivity index (χ2v) is 5.93. The van der Waals surface area contributed by atoms with E-state index < -0.39 is 0 Å². The van der Waals surface area contributed by atoms with E-state index in [4.69, 9.17) is 15.9 Å². The molecule has 0 aliphatic rings. The Balaban J connectivity index is 2.35. The number of pyridine rings is 1. The van der Waals surface area contributed by atoms with E-state index in [0.29, 0.717) is 18.1 Å². The highest BCUT2D eigenvalue weighted by Gasteiger charge is 2.22. The zero-order valence-corrected chi connectivity index (χ0v) is 13.0. The molecular weight excluding hydrogens is 264 g/mol. The third-order valence-electron chi connectivity index (χ3n) is 3.77. The van der Waals surface area contributed by atoms with E-state index in [-0.39, 0.29) is 11.4 Å². The number of nitrogens with one attached hydrogen (secondary N) is 1. The van der Waals surface area contributed by atoms with Crippen molar-refractivity contribution in [3.8, 4) is 5.88 Å². The first-order valence-corrected chi connectivity index (χ1v) is 6.85. The van der Waals surface area contributed by atoms with Crippen molar-refractivity contribution in [2.45, 2.75) is 19.4 Å². The highest BCUT2D eigenvalue weighted by molar-refractivity contribution is 6.06. The van der Waals surface area contributed by atoms with Crippen molar-refractivity contribution >= 4 is 16.7 Å². The van der Waals surface area contributed by atoms with Crippen molar-refractivity contribution in [1.29, 1.82) is 5.41 Å². The molecule has 0 spiro atoms. The minimum Gasteiger partial charge on any atom is -0.476 e. The van der Waals surface area contributed by atoms with Crippen molar-refractivity contribution < 1.29 is 4.74 Å².